The zero-order valence-corrected chi connectivity index (χ0v) is 23.9. The van der Waals surface area contributed by atoms with Crippen molar-refractivity contribution in [3.63, 3.8) is 0 Å². The molecular weight excluding hydrogens is 557 g/mol. The molecule has 5 aromatic rings. The van der Waals surface area contributed by atoms with Gasteiger partial charge in [-0.3, -0.25) is 0 Å². The first-order chi connectivity index (χ1) is 20.2. The number of hydrogen-bond donors (Lipinski definition) is 1. The van der Waals surface area contributed by atoms with Crippen LogP contribution in [0.2, 0.25) is 5.02 Å². The minimum Gasteiger partial charge on any atom is -0.478 e. The lowest BCUT2D eigenvalue weighted by atomic mass is 9.87. The quantitative estimate of drug-likeness (QED) is 0.205. The van der Waals surface area contributed by atoms with Crippen molar-refractivity contribution >= 4 is 28.6 Å². The molecule has 9 heteroatoms. The predicted octanol–water partition coefficient (Wildman–Crippen LogP) is 7.36. The molecule has 0 saturated carbocycles. The van der Waals surface area contributed by atoms with Crippen LogP contribution in [0.5, 0.6) is 5.88 Å². The van der Waals surface area contributed by atoms with Crippen LogP contribution >= 0.6 is 11.6 Å². The molecule has 1 saturated heterocycles. The van der Waals surface area contributed by atoms with E-state index in [0.29, 0.717) is 64.4 Å². The van der Waals surface area contributed by atoms with E-state index < -0.39 is 5.97 Å². The number of carbonyl (C=O) groups is 1. The second-order valence-corrected chi connectivity index (χ2v) is 11.6. The van der Waals surface area contributed by atoms with Crippen molar-refractivity contribution < 1.29 is 23.8 Å². The minimum atomic E-state index is -1.01. The Morgan fingerprint density at radius 3 is 2.62 bits per heavy atom. The molecule has 7 nitrogen and oxygen atoms in total. The molecule has 1 N–H and O–H groups in total. The van der Waals surface area contributed by atoms with Crippen molar-refractivity contribution in [2.45, 2.75) is 32.9 Å². The van der Waals surface area contributed by atoms with Gasteiger partial charge in [-0.2, -0.15) is 0 Å². The summed E-state index contributed by atoms with van der Waals surface area (Å²) in [6.07, 6.45) is 0.230. The zero-order valence-electron chi connectivity index (χ0n) is 23.2. The third kappa shape index (κ3) is 5.60. The Balaban J connectivity index is 1.28. The van der Waals surface area contributed by atoms with E-state index >= 15 is 4.39 Å². The number of carboxylic acid groups (broad SMARTS) is 1. The number of carboxylic acids is 1. The van der Waals surface area contributed by atoms with Gasteiger partial charge in [0.1, 0.15) is 18.2 Å². The molecule has 2 aromatic heterocycles. The monoisotopic (exact) mass is 585 g/mol. The van der Waals surface area contributed by atoms with Crippen molar-refractivity contribution in [1.29, 1.82) is 0 Å². The van der Waals surface area contributed by atoms with E-state index in [9.17, 15) is 9.90 Å². The average molecular weight is 586 g/mol. The molecule has 1 unspecified atom stereocenters. The van der Waals surface area contributed by atoms with Crippen LogP contribution in [0.15, 0.2) is 78.9 Å². The highest BCUT2D eigenvalue weighted by atomic mass is 35.5. The number of fused-ring (bicyclic) bond motifs is 1. The normalized spacial score (nSPS) is 16.1. The summed E-state index contributed by atoms with van der Waals surface area (Å²) in [6.45, 7) is 5.58. The zero-order chi connectivity index (χ0) is 29.4. The predicted molar refractivity (Wildman–Crippen MR) is 159 cm³/mol. The van der Waals surface area contributed by atoms with Crippen molar-refractivity contribution in [3.05, 3.63) is 112 Å². The second-order valence-electron chi connectivity index (χ2n) is 11.2. The maximum absolute atomic E-state index is 15.6. The summed E-state index contributed by atoms with van der Waals surface area (Å²) in [4.78, 5) is 21.1. The Kier molecular flexibility index (Phi) is 7.43. The van der Waals surface area contributed by atoms with Crippen molar-refractivity contribution in [2.24, 2.45) is 5.41 Å². The lowest BCUT2D eigenvalue weighted by Crippen LogP contribution is -2.27. The fraction of sp³-hybridized carbons (Fsp3) is 0.242. The lowest BCUT2D eigenvalue weighted by molar-refractivity contribution is 0.0697. The van der Waals surface area contributed by atoms with Gasteiger partial charge in [-0.1, -0.05) is 55.8 Å². The first-order valence-corrected chi connectivity index (χ1v) is 14.0. The Morgan fingerprint density at radius 2 is 1.90 bits per heavy atom. The number of aromatic nitrogens is 3. The topological polar surface area (TPSA) is 86.5 Å². The average Bonchev–Trinajstić information content (AvgIpc) is 3.51. The number of aromatic carboxylic acids is 1. The molecule has 0 bridgehead atoms. The summed E-state index contributed by atoms with van der Waals surface area (Å²) in [5.41, 5.74) is 3.97. The van der Waals surface area contributed by atoms with Gasteiger partial charge in [-0.25, -0.2) is 19.2 Å². The van der Waals surface area contributed by atoms with E-state index in [1.807, 2.05) is 34.9 Å². The summed E-state index contributed by atoms with van der Waals surface area (Å²) >= 11 is 5.96. The highest BCUT2D eigenvalue weighted by Crippen LogP contribution is 2.40. The van der Waals surface area contributed by atoms with Crippen LogP contribution in [0, 0.1) is 11.2 Å². The van der Waals surface area contributed by atoms with E-state index in [1.165, 1.54) is 12.1 Å². The number of halogens is 2. The van der Waals surface area contributed by atoms with E-state index in [0.717, 1.165) is 5.56 Å². The van der Waals surface area contributed by atoms with Crippen LogP contribution < -0.4 is 4.74 Å². The molecule has 214 valence electrons. The number of ether oxygens (including phenoxy) is 2. The molecule has 1 atom stereocenters. The van der Waals surface area contributed by atoms with Crippen LogP contribution in [-0.2, 0) is 17.8 Å². The first kappa shape index (κ1) is 27.9. The van der Waals surface area contributed by atoms with Gasteiger partial charge in [0.2, 0.25) is 5.88 Å². The molecule has 6 rings (SSSR count). The molecule has 42 heavy (non-hydrogen) atoms. The molecule has 0 aliphatic carbocycles. The van der Waals surface area contributed by atoms with E-state index in [2.05, 4.69) is 18.8 Å². The first-order valence-electron chi connectivity index (χ1n) is 13.6. The Labute approximate surface area is 247 Å². The third-order valence-corrected chi connectivity index (χ3v) is 7.95. The Morgan fingerprint density at radius 1 is 1.10 bits per heavy atom. The molecule has 0 spiro atoms. The highest BCUT2D eigenvalue weighted by molar-refractivity contribution is 6.30. The maximum atomic E-state index is 15.6. The van der Waals surface area contributed by atoms with E-state index in [1.54, 1.807) is 36.4 Å². The van der Waals surface area contributed by atoms with Crippen LogP contribution in [0.3, 0.4) is 0 Å². The number of imidazole rings is 1. The number of benzene rings is 3. The van der Waals surface area contributed by atoms with Gasteiger partial charge >= 0.3 is 5.97 Å². The third-order valence-electron chi connectivity index (χ3n) is 7.69. The second kappa shape index (κ2) is 11.2. The van der Waals surface area contributed by atoms with Crippen molar-refractivity contribution in [3.8, 4) is 17.1 Å². The molecule has 0 radical (unpaired) electrons. The van der Waals surface area contributed by atoms with Gasteiger partial charge in [0.05, 0.1) is 41.5 Å². The van der Waals surface area contributed by atoms with Crippen LogP contribution in [0.1, 0.15) is 47.2 Å². The van der Waals surface area contributed by atoms with Gasteiger partial charge in [-0.05, 0) is 53.6 Å². The molecular formula is C33H29ClFN3O4. The minimum absolute atomic E-state index is 0.0799. The van der Waals surface area contributed by atoms with E-state index in [4.69, 9.17) is 26.1 Å². The summed E-state index contributed by atoms with van der Waals surface area (Å²) in [5.74, 6) is -0.308. The van der Waals surface area contributed by atoms with Crippen molar-refractivity contribution in [2.75, 3.05) is 13.2 Å². The van der Waals surface area contributed by atoms with Crippen LogP contribution in [0.4, 0.5) is 4.39 Å². The largest absolute Gasteiger partial charge is 0.478 e. The van der Waals surface area contributed by atoms with Gasteiger partial charge in [-0.15, -0.1) is 0 Å². The smallest absolute Gasteiger partial charge is 0.335 e. The van der Waals surface area contributed by atoms with Crippen LogP contribution in [0.25, 0.3) is 22.3 Å². The molecule has 3 heterocycles. The Bertz CT molecular complexity index is 1780. The van der Waals surface area contributed by atoms with Gasteiger partial charge in [0, 0.05) is 28.5 Å². The number of rotatable bonds is 8. The Hall–Kier alpha value is -4.27. The maximum Gasteiger partial charge on any atom is 0.335 e. The molecule has 1 aliphatic heterocycles. The number of hydrogen-bond acceptors (Lipinski definition) is 5. The highest BCUT2D eigenvalue weighted by Gasteiger charge is 2.39. The fourth-order valence-corrected chi connectivity index (χ4v) is 5.47. The SMILES string of the molecule is CC1(C)COCC1n1c(Cc2ccc(-c3cccc(OCc4ccc(Cl)cc4)n3)cc2F)nc2ccc(C(=O)O)cc21. The van der Waals surface area contributed by atoms with Crippen LogP contribution in [-0.4, -0.2) is 38.8 Å². The molecule has 0 amide bonds. The summed E-state index contributed by atoms with van der Waals surface area (Å²) in [6, 6.07) is 22.6. The van der Waals surface area contributed by atoms with Gasteiger partial charge in [0.25, 0.3) is 0 Å². The van der Waals surface area contributed by atoms with Gasteiger partial charge < -0.3 is 19.1 Å². The lowest BCUT2D eigenvalue weighted by Gasteiger charge is -2.28. The summed E-state index contributed by atoms with van der Waals surface area (Å²) < 4.78 is 29.3. The summed E-state index contributed by atoms with van der Waals surface area (Å²) in [7, 11) is 0. The van der Waals surface area contributed by atoms with E-state index in [-0.39, 0.29) is 29.3 Å². The van der Waals surface area contributed by atoms with Gasteiger partial charge in [0.15, 0.2) is 0 Å². The van der Waals surface area contributed by atoms with Crippen molar-refractivity contribution in [1.82, 2.24) is 14.5 Å². The number of nitrogens with zero attached hydrogens (tertiary/aromatic N) is 3. The summed E-state index contributed by atoms with van der Waals surface area (Å²) in [5, 5.41) is 10.2. The standard InChI is InChI=1S/C33H29ClFN3O4/c1-33(2)19-41-18-29(33)38-28-15-23(32(39)40)10-13-27(28)36-30(38)16-21-8-9-22(14-25(21)35)26-4-3-5-31(37-26)42-17-20-6-11-24(34)12-7-20/h3-15,29H,16-19H2,1-2H3,(H,39,40). The molecule has 1 fully saturated rings. The molecule has 1 aliphatic rings. The number of pyridine rings is 1. The molecule has 3 aromatic carbocycles. The fourth-order valence-electron chi connectivity index (χ4n) is 5.34.